The summed E-state index contributed by atoms with van der Waals surface area (Å²) in [4.78, 5) is 22.0. The molecule has 2 saturated heterocycles. The van der Waals surface area contributed by atoms with Crippen molar-refractivity contribution in [2.45, 2.75) is 43.8 Å². The summed E-state index contributed by atoms with van der Waals surface area (Å²) in [5, 5.41) is 2.68. The Hall–Kier alpha value is -3.09. The van der Waals surface area contributed by atoms with Gasteiger partial charge in [-0.25, -0.2) is 18.7 Å². The van der Waals surface area contributed by atoms with Gasteiger partial charge in [0.2, 0.25) is 11.7 Å². The number of nitrogens with two attached hydrogens (primary N) is 1. The van der Waals surface area contributed by atoms with E-state index < -0.39 is 47.9 Å². The van der Waals surface area contributed by atoms with Crippen molar-refractivity contribution < 1.29 is 31.1 Å². The lowest BCUT2D eigenvalue weighted by Crippen LogP contribution is -2.52. The number of rotatable bonds is 7. The molecule has 7 nitrogen and oxygen atoms in total. The van der Waals surface area contributed by atoms with E-state index in [0.717, 1.165) is 31.3 Å². The molecule has 2 atom stereocenters. The van der Waals surface area contributed by atoms with Crippen LogP contribution in [0.4, 0.5) is 38.0 Å². The number of carbonyl (C=O) groups excluding carboxylic acids is 1. The highest BCUT2D eigenvalue weighted by Gasteiger charge is 2.44. The van der Waals surface area contributed by atoms with Gasteiger partial charge in [0.15, 0.2) is 11.6 Å². The molecule has 2 unspecified atom stereocenters. The smallest absolute Gasteiger partial charge is 0.369 e. The molecule has 1 aromatic heterocycles. The van der Waals surface area contributed by atoms with Gasteiger partial charge in [-0.05, 0) is 49.9 Å². The number of primary amides is 1. The number of carbonyl (C=O) groups is 1. The van der Waals surface area contributed by atoms with Crippen molar-refractivity contribution in [3.8, 4) is 0 Å². The van der Waals surface area contributed by atoms with E-state index >= 15 is 4.39 Å². The minimum Gasteiger partial charge on any atom is -0.369 e. The fraction of sp³-hybridized carbons (Fsp3) is 0.542. The van der Waals surface area contributed by atoms with Crippen LogP contribution in [0, 0.1) is 11.7 Å². The highest BCUT2D eigenvalue weighted by Crippen LogP contribution is 2.38. The Morgan fingerprint density at radius 3 is 2.49 bits per heavy atom. The molecular weight excluding hydrogens is 502 g/mol. The average Bonchev–Trinajstić information content (AvgIpc) is 2.83. The molecule has 3 N–H and O–H groups in total. The molecule has 2 aliphatic heterocycles. The number of alkyl halides is 5. The summed E-state index contributed by atoms with van der Waals surface area (Å²) >= 11 is 0. The number of hydrogen-bond acceptors (Lipinski definition) is 6. The predicted molar refractivity (Wildman–Crippen MR) is 125 cm³/mol. The zero-order chi connectivity index (χ0) is 26.8. The summed E-state index contributed by atoms with van der Waals surface area (Å²) in [5.41, 5.74) is 4.93. The molecule has 0 saturated carbocycles. The van der Waals surface area contributed by atoms with Crippen molar-refractivity contribution in [3.05, 3.63) is 47.5 Å². The minimum absolute atomic E-state index is 0.0369. The maximum absolute atomic E-state index is 15.5. The molecular formula is C24H28F6N6O. The van der Waals surface area contributed by atoms with E-state index in [2.05, 4.69) is 15.3 Å². The lowest BCUT2D eigenvalue weighted by atomic mass is 9.92. The van der Waals surface area contributed by atoms with E-state index in [1.807, 2.05) is 0 Å². The number of nitrogens with one attached hydrogen (secondary N) is 1. The van der Waals surface area contributed by atoms with Crippen molar-refractivity contribution in [1.82, 2.24) is 14.9 Å². The van der Waals surface area contributed by atoms with E-state index in [1.54, 1.807) is 4.90 Å². The number of nitrogens with zero attached hydrogens (tertiary/aromatic N) is 4. The Balaban J connectivity index is 1.48. The molecule has 0 aliphatic carbocycles. The third-order valence-corrected chi connectivity index (χ3v) is 6.89. The molecule has 0 spiro atoms. The van der Waals surface area contributed by atoms with Gasteiger partial charge in [0.25, 0.3) is 5.92 Å². The van der Waals surface area contributed by atoms with Crippen molar-refractivity contribution in [3.63, 3.8) is 0 Å². The lowest BCUT2D eigenvalue weighted by molar-refractivity contribution is -0.137. The van der Waals surface area contributed by atoms with Gasteiger partial charge in [0, 0.05) is 19.0 Å². The van der Waals surface area contributed by atoms with Gasteiger partial charge in [0.05, 0.1) is 24.7 Å². The van der Waals surface area contributed by atoms with Gasteiger partial charge in [-0.1, -0.05) is 12.1 Å². The van der Waals surface area contributed by atoms with E-state index in [1.165, 1.54) is 17.0 Å². The third kappa shape index (κ3) is 6.25. The fourth-order valence-corrected chi connectivity index (χ4v) is 4.99. The zero-order valence-electron chi connectivity index (χ0n) is 19.9. The van der Waals surface area contributed by atoms with Gasteiger partial charge < -0.3 is 16.0 Å². The highest BCUT2D eigenvalue weighted by molar-refractivity contribution is 5.75. The molecule has 1 aromatic carbocycles. The Morgan fingerprint density at radius 2 is 1.84 bits per heavy atom. The second-order valence-corrected chi connectivity index (χ2v) is 9.49. The summed E-state index contributed by atoms with van der Waals surface area (Å²) in [7, 11) is 0. The molecule has 1 amide bonds. The molecule has 0 radical (unpaired) electrons. The average molecular weight is 531 g/mol. The number of anilines is 2. The summed E-state index contributed by atoms with van der Waals surface area (Å²) < 4.78 is 83.7. The molecule has 0 bridgehead atoms. The van der Waals surface area contributed by atoms with Crippen LogP contribution < -0.4 is 16.0 Å². The maximum Gasteiger partial charge on any atom is 0.416 e. The van der Waals surface area contributed by atoms with Crippen molar-refractivity contribution in [2.24, 2.45) is 11.7 Å². The molecule has 2 fully saturated rings. The van der Waals surface area contributed by atoms with Crippen LogP contribution in [-0.4, -0.2) is 59.4 Å². The fourth-order valence-electron chi connectivity index (χ4n) is 4.99. The van der Waals surface area contributed by atoms with Crippen LogP contribution in [0.2, 0.25) is 0 Å². The van der Waals surface area contributed by atoms with Crippen molar-refractivity contribution >= 4 is 17.5 Å². The van der Waals surface area contributed by atoms with Crippen molar-refractivity contribution in [1.29, 1.82) is 0 Å². The second-order valence-electron chi connectivity index (χ2n) is 9.49. The Labute approximate surface area is 210 Å². The lowest BCUT2D eigenvalue weighted by Gasteiger charge is -2.38. The zero-order valence-corrected chi connectivity index (χ0v) is 19.9. The molecule has 2 aliphatic rings. The summed E-state index contributed by atoms with van der Waals surface area (Å²) in [6.07, 6.45) is -1.11. The maximum atomic E-state index is 15.5. The quantitative estimate of drug-likeness (QED) is 0.522. The van der Waals surface area contributed by atoms with Crippen LogP contribution in [0.15, 0.2) is 30.6 Å². The van der Waals surface area contributed by atoms with Crippen molar-refractivity contribution in [2.75, 3.05) is 42.9 Å². The van der Waals surface area contributed by atoms with Gasteiger partial charge in [-0.3, -0.25) is 9.69 Å². The first kappa shape index (κ1) is 27.0. The van der Waals surface area contributed by atoms with E-state index in [4.69, 9.17) is 5.73 Å². The van der Waals surface area contributed by atoms with Gasteiger partial charge in [-0.2, -0.15) is 17.6 Å². The SMILES string of the molecule is NC(=O)CN1CCC(CNc2ncnc(N3CCCCC3c3ccc(C(F)(F)F)cc3)c2F)C(F)(F)C1. The number of hydrogen-bond donors (Lipinski definition) is 2. The van der Waals surface area contributed by atoms with Crippen LogP contribution >= 0.6 is 0 Å². The first-order valence-corrected chi connectivity index (χ1v) is 12.0. The summed E-state index contributed by atoms with van der Waals surface area (Å²) in [6.45, 7) is -0.439. The van der Waals surface area contributed by atoms with E-state index in [-0.39, 0.29) is 37.7 Å². The minimum atomic E-state index is -4.46. The normalized spacial score (nSPS) is 22.6. The van der Waals surface area contributed by atoms with E-state index in [9.17, 15) is 26.7 Å². The number of amides is 1. The third-order valence-electron chi connectivity index (χ3n) is 6.89. The van der Waals surface area contributed by atoms with Gasteiger partial charge in [-0.15, -0.1) is 0 Å². The Morgan fingerprint density at radius 1 is 1.11 bits per heavy atom. The number of piperidine rings is 2. The summed E-state index contributed by atoms with van der Waals surface area (Å²) in [6, 6.07) is 4.38. The number of aromatic nitrogens is 2. The number of likely N-dealkylation sites (tertiary alicyclic amines) is 1. The number of benzene rings is 1. The largest absolute Gasteiger partial charge is 0.416 e. The van der Waals surface area contributed by atoms with Gasteiger partial charge in [0.1, 0.15) is 6.33 Å². The molecule has 37 heavy (non-hydrogen) atoms. The molecule has 202 valence electrons. The topological polar surface area (TPSA) is 87.4 Å². The summed E-state index contributed by atoms with van der Waals surface area (Å²) in [5.74, 6) is -5.98. The van der Waals surface area contributed by atoms with Crippen LogP contribution in [-0.2, 0) is 11.0 Å². The van der Waals surface area contributed by atoms with Crippen LogP contribution in [0.25, 0.3) is 0 Å². The van der Waals surface area contributed by atoms with Crippen LogP contribution in [0.1, 0.15) is 42.9 Å². The molecule has 4 rings (SSSR count). The molecule has 13 heteroatoms. The standard InChI is InChI=1S/C24H28F6N6O/c25-20-21(32-11-17-8-10-35(12-19(31)37)13-23(17,26)27)33-14-34-22(20)36-9-2-1-3-18(36)15-4-6-16(7-5-15)24(28,29)30/h4-7,14,17-18H,1-3,8-13H2,(H2,31,37)(H,32,33,34). The monoisotopic (exact) mass is 530 g/mol. The van der Waals surface area contributed by atoms with E-state index in [0.29, 0.717) is 18.5 Å². The first-order chi connectivity index (χ1) is 17.5. The molecule has 2 aromatic rings. The van der Waals surface area contributed by atoms with Crippen LogP contribution in [0.3, 0.4) is 0 Å². The number of halogens is 6. The Kier molecular flexibility index (Phi) is 7.81. The predicted octanol–water partition coefficient (Wildman–Crippen LogP) is 4.22. The molecule has 3 heterocycles. The van der Waals surface area contributed by atoms with Gasteiger partial charge >= 0.3 is 6.18 Å². The first-order valence-electron chi connectivity index (χ1n) is 12.0. The highest BCUT2D eigenvalue weighted by atomic mass is 19.4. The second kappa shape index (κ2) is 10.7. The van der Waals surface area contributed by atoms with Crippen LogP contribution in [0.5, 0.6) is 0 Å². The Bertz CT molecular complexity index is 1100.